The highest BCUT2D eigenvalue weighted by atomic mass is 32.2. The minimum atomic E-state index is -3.66. The number of nitrogens with two attached hydrogens (primary N) is 1. The van der Waals surface area contributed by atoms with E-state index in [1.54, 1.807) is 25.3 Å². The van der Waals surface area contributed by atoms with Crippen molar-refractivity contribution < 1.29 is 13.2 Å². The third kappa shape index (κ3) is 3.03. The lowest BCUT2D eigenvalue weighted by atomic mass is 9.98. The Balaban J connectivity index is 2.34. The SMILES string of the molecule is COc1ccc(S(N)(=O)=O)c(CC2CCCC2)c1. The second-order valence-corrected chi connectivity index (χ2v) is 6.40. The summed E-state index contributed by atoms with van der Waals surface area (Å²) in [6.07, 6.45) is 5.57. The zero-order valence-electron chi connectivity index (χ0n) is 10.6. The molecule has 0 saturated heterocycles. The van der Waals surface area contributed by atoms with Crippen LogP contribution in [0.1, 0.15) is 31.2 Å². The van der Waals surface area contributed by atoms with Crippen molar-refractivity contribution in [3.63, 3.8) is 0 Å². The Bertz CT molecular complexity index is 519. The van der Waals surface area contributed by atoms with E-state index in [0.717, 1.165) is 12.0 Å². The van der Waals surface area contributed by atoms with Crippen LogP contribution in [-0.4, -0.2) is 15.5 Å². The summed E-state index contributed by atoms with van der Waals surface area (Å²) in [5.41, 5.74) is 0.781. The normalized spacial score (nSPS) is 17.0. The Morgan fingerprint density at radius 3 is 2.56 bits per heavy atom. The molecule has 100 valence electrons. The van der Waals surface area contributed by atoms with Crippen LogP contribution in [0.4, 0.5) is 0 Å². The van der Waals surface area contributed by atoms with E-state index in [2.05, 4.69) is 0 Å². The maximum Gasteiger partial charge on any atom is 0.238 e. The molecule has 1 aliphatic rings. The number of benzene rings is 1. The van der Waals surface area contributed by atoms with Crippen LogP contribution in [-0.2, 0) is 16.4 Å². The first-order chi connectivity index (χ1) is 8.50. The van der Waals surface area contributed by atoms with Gasteiger partial charge < -0.3 is 4.74 Å². The average Bonchev–Trinajstić information content (AvgIpc) is 2.80. The number of methoxy groups -OCH3 is 1. The van der Waals surface area contributed by atoms with Gasteiger partial charge in [-0.25, -0.2) is 13.6 Å². The van der Waals surface area contributed by atoms with Crippen molar-refractivity contribution in [2.45, 2.75) is 37.0 Å². The van der Waals surface area contributed by atoms with E-state index >= 15 is 0 Å². The summed E-state index contributed by atoms with van der Waals surface area (Å²) < 4.78 is 28.3. The fourth-order valence-corrected chi connectivity index (χ4v) is 3.41. The monoisotopic (exact) mass is 269 g/mol. The van der Waals surface area contributed by atoms with Gasteiger partial charge in [0.2, 0.25) is 10.0 Å². The van der Waals surface area contributed by atoms with Crippen LogP contribution in [0.5, 0.6) is 5.75 Å². The highest BCUT2D eigenvalue weighted by Gasteiger charge is 2.20. The summed E-state index contributed by atoms with van der Waals surface area (Å²) in [7, 11) is -2.08. The number of hydrogen-bond acceptors (Lipinski definition) is 3. The van der Waals surface area contributed by atoms with Gasteiger partial charge in [-0.2, -0.15) is 0 Å². The van der Waals surface area contributed by atoms with Crippen molar-refractivity contribution in [1.29, 1.82) is 0 Å². The average molecular weight is 269 g/mol. The zero-order valence-corrected chi connectivity index (χ0v) is 11.4. The van der Waals surface area contributed by atoms with E-state index in [1.165, 1.54) is 25.7 Å². The van der Waals surface area contributed by atoms with Crippen LogP contribution in [0, 0.1) is 5.92 Å². The van der Waals surface area contributed by atoms with Gasteiger partial charge in [0.05, 0.1) is 12.0 Å². The first-order valence-electron chi connectivity index (χ1n) is 6.20. The Morgan fingerprint density at radius 1 is 1.33 bits per heavy atom. The molecule has 0 atom stereocenters. The van der Waals surface area contributed by atoms with E-state index in [4.69, 9.17) is 9.88 Å². The molecule has 0 aromatic heterocycles. The summed E-state index contributed by atoms with van der Waals surface area (Å²) in [4.78, 5) is 0.232. The molecule has 0 spiro atoms. The maximum absolute atomic E-state index is 11.6. The number of rotatable bonds is 4. The highest BCUT2D eigenvalue weighted by Crippen LogP contribution is 2.31. The Labute approximate surface area is 108 Å². The maximum atomic E-state index is 11.6. The molecule has 1 aromatic carbocycles. The molecule has 5 heteroatoms. The summed E-state index contributed by atoms with van der Waals surface area (Å²) in [6, 6.07) is 4.97. The second kappa shape index (κ2) is 5.28. The molecule has 1 aromatic rings. The molecule has 0 bridgehead atoms. The molecule has 1 aliphatic carbocycles. The molecule has 18 heavy (non-hydrogen) atoms. The molecule has 1 fully saturated rings. The summed E-state index contributed by atoms with van der Waals surface area (Å²) >= 11 is 0. The van der Waals surface area contributed by atoms with Crippen molar-refractivity contribution in [3.05, 3.63) is 23.8 Å². The molecule has 1 saturated carbocycles. The molecule has 4 nitrogen and oxygen atoms in total. The predicted molar refractivity (Wildman–Crippen MR) is 70.0 cm³/mol. The quantitative estimate of drug-likeness (QED) is 0.909. The smallest absolute Gasteiger partial charge is 0.238 e. The lowest BCUT2D eigenvalue weighted by Crippen LogP contribution is -2.15. The van der Waals surface area contributed by atoms with Gasteiger partial charge in [0.1, 0.15) is 5.75 Å². The molecule has 0 unspecified atom stereocenters. The van der Waals surface area contributed by atoms with E-state index in [9.17, 15) is 8.42 Å². The topological polar surface area (TPSA) is 69.4 Å². The summed E-state index contributed by atoms with van der Waals surface area (Å²) in [5, 5.41) is 5.25. The standard InChI is InChI=1S/C13H19NO3S/c1-17-12-6-7-13(18(14,15)16)11(9-12)8-10-4-2-3-5-10/h6-7,9-10H,2-5,8H2,1H3,(H2,14,15,16). The van der Waals surface area contributed by atoms with Crippen molar-refractivity contribution >= 4 is 10.0 Å². The second-order valence-electron chi connectivity index (χ2n) is 4.87. The van der Waals surface area contributed by atoms with Crippen LogP contribution >= 0.6 is 0 Å². The Hall–Kier alpha value is -1.07. The number of sulfonamides is 1. The van der Waals surface area contributed by atoms with Crippen LogP contribution in [0.25, 0.3) is 0 Å². The lowest BCUT2D eigenvalue weighted by molar-refractivity contribution is 0.413. The van der Waals surface area contributed by atoms with Gasteiger partial charge in [-0.15, -0.1) is 0 Å². The van der Waals surface area contributed by atoms with Gasteiger partial charge >= 0.3 is 0 Å². The molecule has 0 radical (unpaired) electrons. The van der Waals surface area contributed by atoms with Crippen LogP contribution in [0.15, 0.2) is 23.1 Å². The number of primary sulfonamides is 1. The van der Waals surface area contributed by atoms with Crippen molar-refractivity contribution in [1.82, 2.24) is 0 Å². The Kier molecular flexibility index (Phi) is 3.92. The minimum absolute atomic E-state index is 0.232. The van der Waals surface area contributed by atoms with E-state index in [-0.39, 0.29) is 4.90 Å². The van der Waals surface area contributed by atoms with Gasteiger partial charge in [0, 0.05) is 0 Å². The summed E-state index contributed by atoms with van der Waals surface area (Å²) in [6.45, 7) is 0. The molecule has 0 heterocycles. The first-order valence-corrected chi connectivity index (χ1v) is 7.75. The molecule has 2 N–H and O–H groups in total. The molecular formula is C13H19NO3S. The number of hydrogen-bond donors (Lipinski definition) is 1. The van der Waals surface area contributed by atoms with Crippen molar-refractivity contribution in [2.24, 2.45) is 11.1 Å². The van der Waals surface area contributed by atoms with Crippen LogP contribution in [0.3, 0.4) is 0 Å². The molecule has 0 amide bonds. The first kappa shape index (κ1) is 13.4. The van der Waals surface area contributed by atoms with Crippen LogP contribution < -0.4 is 9.88 Å². The molecular weight excluding hydrogens is 250 g/mol. The van der Waals surface area contributed by atoms with Crippen LogP contribution in [0.2, 0.25) is 0 Å². The molecule has 2 rings (SSSR count). The predicted octanol–water partition coefficient (Wildman–Crippen LogP) is 2.08. The fraction of sp³-hybridized carbons (Fsp3) is 0.538. The van der Waals surface area contributed by atoms with Gasteiger partial charge in [0.25, 0.3) is 0 Å². The zero-order chi connectivity index (χ0) is 13.2. The lowest BCUT2D eigenvalue weighted by Gasteiger charge is -2.13. The third-order valence-electron chi connectivity index (χ3n) is 3.56. The van der Waals surface area contributed by atoms with E-state index in [1.807, 2.05) is 0 Å². The van der Waals surface area contributed by atoms with Crippen molar-refractivity contribution in [3.8, 4) is 5.75 Å². The van der Waals surface area contributed by atoms with Gasteiger partial charge in [-0.05, 0) is 36.1 Å². The third-order valence-corrected chi connectivity index (χ3v) is 4.57. The minimum Gasteiger partial charge on any atom is -0.497 e. The molecule has 0 aliphatic heterocycles. The highest BCUT2D eigenvalue weighted by molar-refractivity contribution is 7.89. The van der Waals surface area contributed by atoms with Gasteiger partial charge in [-0.3, -0.25) is 0 Å². The largest absolute Gasteiger partial charge is 0.497 e. The van der Waals surface area contributed by atoms with Crippen molar-refractivity contribution in [2.75, 3.05) is 7.11 Å². The van der Waals surface area contributed by atoms with E-state index in [0.29, 0.717) is 11.7 Å². The Morgan fingerprint density at radius 2 is 2.00 bits per heavy atom. The fourth-order valence-electron chi connectivity index (χ4n) is 2.65. The van der Waals surface area contributed by atoms with Gasteiger partial charge in [-0.1, -0.05) is 25.7 Å². The van der Waals surface area contributed by atoms with Gasteiger partial charge in [0.15, 0.2) is 0 Å². The van der Waals surface area contributed by atoms with E-state index < -0.39 is 10.0 Å². The number of ether oxygens (including phenoxy) is 1. The summed E-state index contributed by atoms with van der Waals surface area (Å²) in [5.74, 6) is 1.24.